The molecule has 1 fully saturated rings. The second kappa shape index (κ2) is 13.7. The minimum absolute atomic E-state index is 0.0425. The SMILES string of the molecule is CN1CCN(c2ccc3cc(/C=C(\C#N)C(=O)NCCCn4c(Sc5cc6c(cc5Br)OCO6)nc5c(N)ncnc54)ccc3c2)CC1. The number of carbonyl (C=O) groups is 1. The number of ether oxygens (including phenoxy) is 2. The Kier molecular flexibility index (Phi) is 9.07. The molecule has 244 valence electrons. The van der Waals surface area contributed by atoms with Crippen molar-refractivity contribution in [3.8, 4) is 17.6 Å². The molecule has 2 aliphatic rings. The van der Waals surface area contributed by atoms with Crippen LogP contribution >= 0.6 is 27.7 Å². The van der Waals surface area contributed by atoms with Gasteiger partial charge in [0.15, 0.2) is 33.6 Å². The highest BCUT2D eigenvalue weighted by Gasteiger charge is 2.21. The number of rotatable bonds is 9. The molecular weight excluding hydrogens is 694 g/mol. The van der Waals surface area contributed by atoms with Crippen LogP contribution in [0.4, 0.5) is 11.5 Å². The summed E-state index contributed by atoms with van der Waals surface area (Å²) < 4.78 is 13.8. The van der Waals surface area contributed by atoms with Crippen LogP contribution in [0.15, 0.2) is 75.0 Å². The molecule has 5 aromatic rings. The van der Waals surface area contributed by atoms with E-state index in [4.69, 9.17) is 20.2 Å². The summed E-state index contributed by atoms with van der Waals surface area (Å²) in [7, 11) is 2.15. The molecule has 2 aromatic heterocycles. The summed E-state index contributed by atoms with van der Waals surface area (Å²) in [6.45, 7) is 5.11. The molecule has 1 amide bonds. The molecule has 0 saturated carbocycles. The Morgan fingerprint density at radius 2 is 1.85 bits per heavy atom. The van der Waals surface area contributed by atoms with Crippen molar-refractivity contribution in [1.82, 2.24) is 29.7 Å². The number of nitrogens with zero attached hydrogens (tertiary/aromatic N) is 7. The van der Waals surface area contributed by atoms with E-state index in [-0.39, 0.29) is 18.2 Å². The third-order valence-electron chi connectivity index (χ3n) is 8.39. The first-order valence-corrected chi connectivity index (χ1v) is 17.1. The number of halogens is 1. The van der Waals surface area contributed by atoms with Crippen LogP contribution in [-0.2, 0) is 11.3 Å². The Morgan fingerprint density at radius 1 is 1.08 bits per heavy atom. The first kappa shape index (κ1) is 31.7. The number of aromatic nitrogens is 4. The monoisotopic (exact) mass is 725 g/mol. The largest absolute Gasteiger partial charge is 0.454 e. The predicted molar refractivity (Wildman–Crippen MR) is 189 cm³/mol. The quantitative estimate of drug-likeness (QED) is 0.119. The van der Waals surface area contributed by atoms with E-state index in [2.05, 4.69) is 72.3 Å². The van der Waals surface area contributed by atoms with Crippen LogP contribution in [0.5, 0.6) is 11.5 Å². The standard InChI is InChI=1S/C34H32BrN9O3S/c1-42-9-11-43(12-10-42)25-6-5-22-13-21(3-4-23(22)15-25)14-24(18-36)33(45)38-7-2-8-44-32-30(31(37)39-19-40-32)41-34(44)48-29-17-28-27(16-26(29)35)46-20-47-28/h3-6,13-17,19H,2,7-12,20H2,1H3,(H,38,45)(H2,37,39,40)/b24-14+. The maximum atomic E-state index is 13.0. The highest BCUT2D eigenvalue weighted by atomic mass is 79.9. The number of hydrogen-bond acceptors (Lipinski definition) is 11. The zero-order chi connectivity index (χ0) is 33.2. The van der Waals surface area contributed by atoms with Gasteiger partial charge >= 0.3 is 0 Å². The molecule has 7 rings (SSSR count). The average molecular weight is 727 g/mol. The van der Waals surface area contributed by atoms with Gasteiger partial charge in [0.25, 0.3) is 5.91 Å². The smallest absolute Gasteiger partial charge is 0.261 e. The highest BCUT2D eigenvalue weighted by Crippen LogP contribution is 2.43. The summed E-state index contributed by atoms with van der Waals surface area (Å²) in [6.07, 6.45) is 3.59. The van der Waals surface area contributed by atoms with Crippen LogP contribution in [0.3, 0.4) is 0 Å². The molecule has 0 unspecified atom stereocenters. The summed E-state index contributed by atoms with van der Waals surface area (Å²) in [4.78, 5) is 31.9. The number of imidazole rings is 1. The van der Waals surface area contributed by atoms with E-state index < -0.39 is 5.91 Å². The van der Waals surface area contributed by atoms with Crippen LogP contribution in [0.2, 0.25) is 0 Å². The van der Waals surface area contributed by atoms with Gasteiger partial charge in [-0.05, 0) is 82.1 Å². The van der Waals surface area contributed by atoms with E-state index in [0.29, 0.717) is 47.3 Å². The molecule has 0 radical (unpaired) electrons. The van der Waals surface area contributed by atoms with Crippen molar-refractivity contribution in [3.63, 3.8) is 0 Å². The second-order valence-corrected chi connectivity index (χ2v) is 13.4. The molecule has 4 heterocycles. The van der Waals surface area contributed by atoms with Crippen LogP contribution in [0.25, 0.3) is 28.0 Å². The van der Waals surface area contributed by atoms with Crippen LogP contribution in [-0.4, -0.2) is 76.9 Å². The Labute approximate surface area is 289 Å². The second-order valence-electron chi connectivity index (χ2n) is 11.6. The molecule has 2 aliphatic heterocycles. The number of nitrogens with two attached hydrogens (primary N) is 1. The number of aryl methyl sites for hydroxylation is 1. The van der Waals surface area contributed by atoms with Gasteiger partial charge in [0.1, 0.15) is 18.0 Å². The van der Waals surface area contributed by atoms with E-state index in [1.54, 1.807) is 6.08 Å². The summed E-state index contributed by atoms with van der Waals surface area (Å²) in [5.74, 6) is 1.19. The molecule has 0 spiro atoms. The Balaban J connectivity index is 1.02. The first-order chi connectivity index (χ1) is 23.4. The Hall–Kier alpha value is -4.84. The number of fused-ring (bicyclic) bond motifs is 3. The lowest BCUT2D eigenvalue weighted by molar-refractivity contribution is -0.117. The predicted octanol–water partition coefficient (Wildman–Crippen LogP) is 5.07. The van der Waals surface area contributed by atoms with Crippen molar-refractivity contribution < 1.29 is 14.3 Å². The van der Waals surface area contributed by atoms with E-state index in [1.807, 2.05) is 34.9 Å². The van der Waals surface area contributed by atoms with Gasteiger partial charge in [0.05, 0.1) is 0 Å². The number of nitrogens with one attached hydrogen (secondary N) is 1. The van der Waals surface area contributed by atoms with Crippen molar-refractivity contribution in [1.29, 1.82) is 5.26 Å². The fourth-order valence-corrected chi connectivity index (χ4v) is 7.25. The van der Waals surface area contributed by atoms with Crippen molar-refractivity contribution in [2.75, 3.05) is 57.2 Å². The maximum Gasteiger partial charge on any atom is 0.261 e. The summed E-state index contributed by atoms with van der Waals surface area (Å²) in [6, 6.07) is 18.2. The van der Waals surface area contributed by atoms with Gasteiger partial charge in [-0.3, -0.25) is 4.79 Å². The normalized spacial score (nSPS) is 14.9. The van der Waals surface area contributed by atoms with Gasteiger partial charge in [-0.25, -0.2) is 15.0 Å². The number of carbonyl (C=O) groups excluding carboxylic acids is 1. The zero-order valence-corrected chi connectivity index (χ0v) is 28.6. The molecule has 0 aliphatic carbocycles. The molecule has 12 nitrogen and oxygen atoms in total. The number of hydrogen-bond donors (Lipinski definition) is 2. The number of nitrogen functional groups attached to an aromatic ring is 1. The Morgan fingerprint density at radius 3 is 2.67 bits per heavy atom. The van der Waals surface area contributed by atoms with Gasteiger partial charge in [-0.15, -0.1) is 0 Å². The lowest BCUT2D eigenvalue weighted by atomic mass is 10.0. The number of piperazine rings is 1. The van der Waals surface area contributed by atoms with Gasteiger partial charge in [0, 0.05) is 54.3 Å². The van der Waals surface area contributed by atoms with Gasteiger partial charge in [-0.2, -0.15) is 5.26 Å². The summed E-state index contributed by atoms with van der Waals surface area (Å²) >= 11 is 5.04. The summed E-state index contributed by atoms with van der Waals surface area (Å²) in [5.41, 5.74) is 9.28. The van der Waals surface area contributed by atoms with Crippen molar-refractivity contribution in [2.24, 2.45) is 0 Å². The Bertz CT molecular complexity index is 2100. The summed E-state index contributed by atoms with van der Waals surface area (Å²) in [5, 5.41) is 15.6. The number of benzene rings is 3. The van der Waals surface area contributed by atoms with E-state index >= 15 is 0 Å². The number of nitriles is 1. The fraction of sp³-hybridized carbons (Fsp3) is 0.265. The van der Waals surface area contributed by atoms with Crippen molar-refractivity contribution in [3.05, 3.63) is 70.5 Å². The average Bonchev–Trinajstić information content (AvgIpc) is 3.70. The van der Waals surface area contributed by atoms with Crippen molar-refractivity contribution in [2.45, 2.75) is 23.0 Å². The third kappa shape index (κ3) is 6.62. The topological polar surface area (TPSA) is 147 Å². The number of anilines is 2. The van der Waals surface area contributed by atoms with Crippen molar-refractivity contribution >= 4 is 73.1 Å². The lowest BCUT2D eigenvalue weighted by Crippen LogP contribution is -2.44. The van der Waals surface area contributed by atoms with Crippen LogP contribution in [0.1, 0.15) is 12.0 Å². The molecule has 3 N–H and O–H groups in total. The fourth-order valence-electron chi connectivity index (χ4n) is 5.74. The number of amides is 1. The molecule has 0 atom stereocenters. The molecule has 48 heavy (non-hydrogen) atoms. The zero-order valence-electron chi connectivity index (χ0n) is 26.1. The van der Waals surface area contributed by atoms with Crippen LogP contribution in [0, 0.1) is 11.3 Å². The van der Waals surface area contributed by atoms with Crippen LogP contribution < -0.4 is 25.4 Å². The lowest BCUT2D eigenvalue weighted by Gasteiger charge is -2.34. The minimum Gasteiger partial charge on any atom is -0.454 e. The third-order valence-corrected chi connectivity index (χ3v) is 10.4. The van der Waals surface area contributed by atoms with Gasteiger partial charge in [0.2, 0.25) is 6.79 Å². The molecule has 3 aromatic carbocycles. The molecule has 0 bridgehead atoms. The van der Waals surface area contributed by atoms with E-state index in [1.165, 1.54) is 23.8 Å². The number of likely N-dealkylation sites (N-methyl/N-ethyl adjacent to an activating group) is 1. The first-order valence-electron chi connectivity index (χ1n) is 15.5. The van der Waals surface area contributed by atoms with E-state index in [0.717, 1.165) is 51.9 Å². The minimum atomic E-state index is -0.427. The molecule has 1 saturated heterocycles. The maximum absolute atomic E-state index is 13.0. The highest BCUT2D eigenvalue weighted by molar-refractivity contribution is 9.10. The van der Waals surface area contributed by atoms with Gasteiger partial charge in [-0.1, -0.05) is 30.0 Å². The van der Waals surface area contributed by atoms with Gasteiger partial charge < -0.3 is 34.9 Å². The van der Waals surface area contributed by atoms with E-state index in [9.17, 15) is 10.1 Å². The molecular formula is C34H32BrN9O3S. The molecule has 14 heteroatoms.